The van der Waals surface area contributed by atoms with Crippen LogP contribution in [0.15, 0.2) is 5.38 Å². The first-order chi connectivity index (χ1) is 10.1. The van der Waals surface area contributed by atoms with E-state index in [9.17, 15) is 4.79 Å². The largest absolute Gasteiger partial charge is 0.337 e. The molecule has 0 spiro atoms. The van der Waals surface area contributed by atoms with Gasteiger partial charge in [0.05, 0.1) is 5.01 Å². The highest BCUT2D eigenvalue weighted by atomic mass is 32.1. The van der Waals surface area contributed by atoms with E-state index in [1.165, 1.54) is 19.3 Å². The normalized spacial score (nSPS) is 19.8. The van der Waals surface area contributed by atoms with Crippen LogP contribution >= 0.6 is 11.3 Å². The molecule has 1 aromatic heterocycles. The summed E-state index contributed by atoms with van der Waals surface area (Å²) in [5, 5.41) is 3.03. The third kappa shape index (κ3) is 4.80. The Balaban J connectivity index is 1.94. The van der Waals surface area contributed by atoms with E-state index in [0.717, 1.165) is 43.3 Å². The maximum atomic E-state index is 12.6. The molecule has 0 unspecified atom stereocenters. The smallest absolute Gasteiger partial charge is 0.273 e. The predicted octanol–water partition coefficient (Wildman–Crippen LogP) is 4.38. The van der Waals surface area contributed by atoms with Crippen LogP contribution in [0.25, 0.3) is 0 Å². The van der Waals surface area contributed by atoms with Crippen LogP contribution in [0.4, 0.5) is 0 Å². The minimum absolute atomic E-state index is 0.137. The standard InChI is InChI=1S/C17H28N2OS/c1-4-6-14-7-5-9-19(10-8-14)17(20)15-12-21-16(18-15)11-13(2)3/h12-14H,4-11H2,1-3H3/t14-/m1/s1. The molecule has 1 atom stereocenters. The molecular formula is C17H28N2OS. The van der Waals surface area contributed by atoms with Gasteiger partial charge in [-0.25, -0.2) is 4.98 Å². The van der Waals surface area contributed by atoms with Crippen LogP contribution in [0, 0.1) is 11.8 Å². The van der Waals surface area contributed by atoms with Crippen molar-refractivity contribution in [2.75, 3.05) is 13.1 Å². The van der Waals surface area contributed by atoms with Crippen LogP contribution in [0.2, 0.25) is 0 Å². The van der Waals surface area contributed by atoms with Crippen molar-refractivity contribution in [1.29, 1.82) is 0 Å². The summed E-state index contributed by atoms with van der Waals surface area (Å²) in [5.74, 6) is 1.53. The minimum Gasteiger partial charge on any atom is -0.337 e. The van der Waals surface area contributed by atoms with Crippen molar-refractivity contribution in [2.24, 2.45) is 11.8 Å². The molecule has 3 nitrogen and oxygen atoms in total. The highest BCUT2D eigenvalue weighted by Crippen LogP contribution is 2.23. The summed E-state index contributed by atoms with van der Waals surface area (Å²) in [6.07, 6.45) is 7.09. The van der Waals surface area contributed by atoms with E-state index in [4.69, 9.17) is 0 Å². The number of carbonyl (C=O) groups excluding carboxylic acids is 1. The zero-order chi connectivity index (χ0) is 15.2. The summed E-state index contributed by atoms with van der Waals surface area (Å²) in [7, 11) is 0. The molecule has 1 saturated heterocycles. The summed E-state index contributed by atoms with van der Waals surface area (Å²) in [6, 6.07) is 0. The lowest BCUT2D eigenvalue weighted by molar-refractivity contribution is 0.0754. The van der Waals surface area contributed by atoms with E-state index in [1.807, 2.05) is 10.3 Å². The highest BCUT2D eigenvalue weighted by molar-refractivity contribution is 7.09. The van der Waals surface area contributed by atoms with Crippen molar-refractivity contribution < 1.29 is 4.79 Å². The van der Waals surface area contributed by atoms with Crippen molar-refractivity contribution in [3.05, 3.63) is 16.1 Å². The number of rotatable bonds is 5. The van der Waals surface area contributed by atoms with E-state index in [-0.39, 0.29) is 5.91 Å². The number of thiazole rings is 1. The van der Waals surface area contributed by atoms with Crippen LogP contribution in [0.1, 0.15) is 68.4 Å². The number of aromatic nitrogens is 1. The third-order valence-corrected chi connectivity index (χ3v) is 5.06. The number of carbonyl (C=O) groups is 1. The van der Waals surface area contributed by atoms with Gasteiger partial charge in [-0.05, 0) is 31.1 Å². The first kappa shape index (κ1) is 16.5. The average molecular weight is 308 g/mol. The lowest BCUT2D eigenvalue weighted by Gasteiger charge is -2.19. The van der Waals surface area contributed by atoms with Gasteiger partial charge in [-0.2, -0.15) is 0 Å². The van der Waals surface area contributed by atoms with Gasteiger partial charge in [0.2, 0.25) is 0 Å². The van der Waals surface area contributed by atoms with Crippen molar-refractivity contribution in [2.45, 2.75) is 59.3 Å². The average Bonchev–Trinajstić information content (AvgIpc) is 2.76. The van der Waals surface area contributed by atoms with Crippen molar-refractivity contribution in [3.63, 3.8) is 0 Å². The maximum absolute atomic E-state index is 12.6. The monoisotopic (exact) mass is 308 g/mol. The Bertz CT molecular complexity index is 455. The molecule has 0 aromatic carbocycles. The Hall–Kier alpha value is -0.900. The lowest BCUT2D eigenvalue weighted by Crippen LogP contribution is -2.32. The molecule has 2 rings (SSSR count). The number of nitrogens with zero attached hydrogens (tertiary/aromatic N) is 2. The molecule has 1 aliphatic heterocycles. The molecule has 1 amide bonds. The number of likely N-dealkylation sites (tertiary alicyclic amines) is 1. The van der Waals surface area contributed by atoms with E-state index >= 15 is 0 Å². The van der Waals surface area contributed by atoms with Crippen LogP contribution in [-0.2, 0) is 6.42 Å². The molecule has 2 heterocycles. The van der Waals surface area contributed by atoms with Gasteiger partial charge in [-0.3, -0.25) is 4.79 Å². The van der Waals surface area contributed by atoms with E-state index in [1.54, 1.807) is 11.3 Å². The molecular weight excluding hydrogens is 280 g/mol. The Morgan fingerprint density at radius 2 is 2.24 bits per heavy atom. The van der Waals surface area contributed by atoms with Crippen molar-refractivity contribution in [1.82, 2.24) is 9.88 Å². The zero-order valence-corrected chi connectivity index (χ0v) is 14.4. The molecule has 118 valence electrons. The van der Waals surface area contributed by atoms with E-state index in [0.29, 0.717) is 11.6 Å². The quantitative estimate of drug-likeness (QED) is 0.808. The number of hydrogen-bond donors (Lipinski definition) is 0. The second-order valence-corrected chi connectivity index (χ2v) is 7.54. The second-order valence-electron chi connectivity index (χ2n) is 6.60. The van der Waals surface area contributed by atoms with Crippen molar-refractivity contribution in [3.8, 4) is 0 Å². The maximum Gasteiger partial charge on any atom is 0.273 e. The topological polar surface area (TPSA) is 33.2 Å². The number of amides is 1. The van der Waals surface area contributed by atoms with Crippen LogP contribution in [0.3, 0.4) is 0 Å². The minimum atomic E-state index is 0.137. The molecule has 0 N–H and O–H groups in total. The highest BCUT2D eigenvalue weighted by Gasteiger charge is 2.23. The van der Waals surface area contributed by atoms with Gasteiger partial charge < -0.3 is 4.90 Å². The third-order valence-electron chi connectivity index (χ3n) is 4.19. The fraction of sp³-hybridized carbons (Fsp3) is 0.765. The predicted molar refractivity (Wildman–Crippen MR) is 88.8 cm³/mol. The first-order valence-corrected chi connectivity index (χ1v) is 9.21. The molecule has 1 aliphatic rings. The molecule has 0 radical (unpaired) electrons. The summed E-state index contributed by atoms with van der Waals surface area (Å²) in [6.45, 7) is 8.42. The van der Waals surface area contributed by atoms with Crippen LogP contribution in [-0.4, -0.2) is 28.9 Å². The molecule has 0 aliphatic carbocycles. The molecule has 21 heavy (non-hydrogen) atoms. The van der Waals surface area contributed by atoms with Crippen molar-refractivity contribution >= 4 is 17.2 Å². The van der Waals surface area contributed by atoms with Gasteiger partial charge in [-0.1, -0.05) is 33.6 Å². The Morgan fingerprint density at radius 3 is 2.95 bits per heavy atom. The summed E-state index contributed by atoms with van der Waals surface area (Å²) in [4.78, 5) is 19.1. The van der Waals surface area contributed by atoms with Gasteiger partial charge >= 0.3 is 0 Å². The molecule has 0 bridgehead atoms. The van der Waals surface area contributed by atoms with Crippen LogP contribution < -0.4 is 0 Å². The fourth-order valence-corrected chi connectivity index (χ4v) is 4.06. The van der Waals surface area contributed by atoms with Gasteiger partial charge in [0.15, 0.2) is 0 Å². The van der Waals surface area contributed by atoms with Crippen LogP contribution in [0.5, 0.6) is 0 Å². The zero-order valence-electron chi connectivity index (χ0n) is 13.6. The summed E-state index contributed by atoms with van der Waals surface area (Å²) in [5.41, 5.74) is 0.657. The van der Waals surface area contributed by atoms with Gasteiger partial charge in [0.1, 0.15) is 5.69 Å². The Kier molecular flexibility index (Phi) is 6.22. The molecule has 0 saturated carbocycles. The van der Waals surface area contributed by atoms with Gasteiger partial charge in [0, 0.05) is 24.9 Å². The SMILES string of the molecule is CCC[C@@H]1CCCN(C(=O)c2csc(CC(C)C)n2)CC1. The fourth-order valence-electron chi connectivity index (χ4n) is 3.08. The number of hydrogen-bond acceptors (Lipinski definition) is 3. The Labute approximate surface area is 132 Å². The van der Waals surface area contributed by atoms with E-state index in [2.05, 4.69) is 25.8 Å². The summed E-state index contributed by atoms with van der Waals surface area (Å²) >= 11 is 1.63. The Morgan fingerprint density at radius 1 is 1.43 bits per heavy atom. The first-order valence-electron chi connectivity index (χ1n) is 8.33. The second kappa shape index (κ2) is 7.92. The van der Waals surface area contributed by atoms with Gasteiger partial charge in [0.25, 0.3) is 5.91 Å². The summed E-state index contributed by atoms with van der Waals surface area (Å²) < 4.78 is 0. The molecule has 1 fully saturated rings. The van der Waals surface area contributed by atoms with E-state index < -0.39 is 0 Å². The van der Waals surface area contributed by atoms with Gasteiger partial charge in [-0.15, -0.1) is 11.3 Å². The lowest BCUT2D eigenvalue weighted by atomic mass is 9.96. The molecule has 4 heteroatoms. The molecule has 1 aromatic rings.